The van der Waals surface area contributed by atoms with Gasteiger partial charge in [-0.15, -0.1) is 11.3 Å². The Morgan fingerprint density at radius 2 is 1.96 bits per heavy atom. The maximum Gasteiger partial charge on any atom is 0.269 e. The number of hydrogen-bond donors (Lipinski definition) is 1. The minimum Gasteiger partial charge on any atom is -0.385 e. The van der Waals surface area contributed by atoms with Gasteiger partial charge in [-0.2, -0.15) is 0 Å². The molecule has 0 spiro atoms. The van der Waals surface area contributed by atoms with E-state index >= 15 is 0 Å². The summed E-state index contributed by atoms with van der Waals surface area (Å²) >= 11 is 1.37. The standard InChI is InChI=1S/C18H22N4O5S/c1-12-13(2)28-18(19-12)20-16(23)11-21(9-4-10-27-3)17(24)14-5-7-15(8-6-14)22(25)26/h5-8H,4,9-11H2,1-3H3,(H,19,20,23). The maximum atomic E-state index is 12.8. The van der Waals surface area contributed by atoms with E-state index in [2.05, 4.69) is 10.3 Å². The Kier molecular flexibility index (Phi) is 7.59. The lowest BCUT2D eigenvalue weighted by Gasteiger charge is -2.22. The first-order chi connectivity index (χ1) is 13.3. The highest BCUT2D eigenvalue weighted by Crippen LogP contribution is 2.21. The second-order valence-electron chi connectivity index (χ2n) is 6.09. The minimum absolute atomic E-state index is 0.102. The fourth-order valence-electron chi connectivity index (χ4n) is 2.42. The molecule has 1 heterocycles. The first-order valence-corrected chi connectivity index (χ1v) is 9.40. The number of carbonyl (C=O) groups excluding carboxylic acids is 2. The fraction of sp³-hybridized carbons (Fsp3) is 0.389. The van der Waals surface area contributed by atoms with Crippen molar-refractivity contribution in [2.24, 2.45) is 0 Å². The molecule has 0 saturated carbocycles. The number of rotatable bonds is 9. The van der Waals surface area contributed by atoms with Crippen LogP contribution in [0.5, 0.6) is 0 Å². The van der Waals surface area contributed by atoms with Crippen LogP contribution in [0.1, 0.15) is 27.3 Å². The van der Waals surface area contributed by atoms with Gasteiger partial charge in [0.15, 0.2) is 5.13 Å². The van der Waals surface area contributed by atoms with E-state index in [-0.39, 0.29) is 29.6 Å². The second kappa shape index (κ2) is 9.90. The van der Waals surface area contributed by atoms with Gasteiger partial charge in [-0.25, -0.2) is 4.98 Å². The highest BCUT2D eigenvalue weighted by atomic mass is 32.1. The average molecular weight is 406 g/mol. The predicted molar refractivity (Wildman–Crippen MR) is 106 cm³/mol. The Morgan fingerprint density at radius 1 is 1.29 bits per heavy atom. The summed E-state index contributed by atoms with van der Waals surface area (Å²) in [6.45, 7) is 4.37. The summed E-state index contributed by atoms with van der Waals surface area (Å²) in [5.74, 6) is -0.742. The van der Waals surface area contributed by atoms with Gasteiger partial charge in [0, 0.05) is 42.8 Å². The molecule has 10 heteroatoms. The summed E-state index contributed by atoms with van der Waals surface area (Å²) in [5, 5.41) is 14.0. The van der Waals surface area contributed by atoms with Crippen LogP contribution in [0.25, 0.3) is 0 Å². The molecule has 1 aromatic carbocycles. The summed E-state index contributed by atoms with van der Waals surface area (Å²) in [6.07, 6.45) is 0.554. The zero-order valence-corrected chi connectivity index (χ0v) is 16.7. The zero-order chi connectivity index (χ0) is 20.7. The minimum atomic E-state index is -0.532. The Balaban J connectivity index is 2.09. The van der Waals surface area contributed by atoms with Crippen molar-refractivity contribution in [3.63, 3.8) is 0 Å². The van der Waals surface area contributed by atoms with Gasteiger partial charge in [0.2, 0.25) is 5.91 Å². The van der Waals surface area contributed by atoms with Crippen LogP contribution in [0.4, 0.5) is 10.8 Å². The van der Waals surface area contributed by atoms with Crippen molar-refractivity contribution in [1.29, 1.82) is 0 Å². The molecule has 150 valence electrons. The maximum absolute atomic E-state index is 12.8. The number of carbonyl (C=O) groups is 2. The highest BCUT2D eigenvalue weighted by Gasteiger charge is 2.20. The van der Waals surface area contributed by atoms with Gasteiger partial charge >= 0.3 is 0 Å². The molecule has 2 rings (SSSR count). The summed E-state index contributed by atoms with van der Waals surface area (Å²) in [6, 6.07) is 5.30. The molecule has 1 N–H and O–H groups in total. The second-order valence-corrected chi connectivity index (χ2v) is 7.29. The number of amides is 2. The zero-order valence-electron chi connectivity index (χ0n) is 15.9. The third kappa shape index (κ3) is 5.83. The van der Waals surface area contributed by atoms with Crippen LogP contribution in [-0.4, -0.2) is 53.4 Å². The largest absolute Gasteiger partial charge is 0.385 e. The molecule has 0 atom stereocenters. The molecule has 2 aromatic rings. The molecule has 0 fully saturated rings. The van der Waals surface area contributed by atoms with E-state index in [9.17, 15) is 19.7 Å². The monoisotopic (exact) mass is 406 g/mol. The van der Waals surface area contributed by atoms with Crippen LogP contribution in [0.2, 0.25) is 0 Å². The average Bonchev–Trinajstić information content (AvgIpc) is 2.97. The Hall–Kier alpha value is -2.85. The highest BCUT2D eigenvalue weighted by molar-refractivity contribution is 7.15. The van der Waals surface area contributed by atoms with E-state index in [0.29, 0.717) is 24.7 Å². The van der Waals surface area contributed by atoms with Crippen LogP contribution in [0.15, 0.2) is 24.3 Å². The number of non-ortho nitro benzene ring substituents is 1. The van der Waals surface area contributed by atoms with Crippen LogP contribution < -0.4 is 5.32 Å². The molecule has 0 unspecified atom stereocenters. The van der Waals surface area contributed by atoms with Gasteiger partial charge in [-0.1, -0.05) is 0 Å². The van der Waals surface area contributed by atoms with Crippen molar-refractivity contribution in [3.05, 3.63) is 50.5 Å². The number of anilines is 1. The molecule has 2 amide bonds. The molecule has 0 aliphatic heterocycles. The number of ether oxygens (including phenoxy) is 1. The number of hydrogen-bond acceptors (Lipinski definition) is 7. The van der Waals surface area contributed by atoms with Crippen molar-refractivity contribution < 1.29 is 19.2 Å². The van der Waals surface area contributed by atoms with Crippen LogP contribution in [-0.2, 0) is 9.53 Å². The molecule has 9 nitrogen and oxygen atoms in total. The van der Waals surface area contributed by atoms with Crippen molar-refractivity contribution in [2.45, 2.75) is 20.3 Å². The lowest BCUT2D eigenvalue weighted by Crippen LogP contribution is -2.39. The van der Waals surface area contributed by atoms with Crippen molar-refractivity contribution in [2.75, 3.05) is 32.1 Å². The summed E-state index contributed by atoms with van der Waals surface area (Å²) in [7, 11) is 1.56. The molecule has 28 heavy (non-hydrogen) atoms. The summed E-state index contributed by atoms with van der Waals surface area (Å²) in [4.78, 5) is 42.1. The van der Waals surface area contributed by atoms with Gasteiger partial charge in [0.05, 0.1) is 10.6 Å². The Labute approximate surface area is 166 Å². The first-order valence-electron chi connectivity index (χ1n) is 8.58. The Morgan fingerprint density at radius 3 is 2.50 bits per heavy atom. The number of nitro groups is 1. The first kappa shape index (κ1) is 21.5. The smallest absolute Gasteiger partial charge is 0.269 e. The van der Waals surface area contributed by atoms with Crippen molar-refractivity contribution in [1.82, 2.24) is 9.88 Å². The normalized spacial score (nSPS) is 10.5. The number of thiazole rings is 1. The fourth-order valence-corrected chi connectivity index (χ4v) is 3.25. The molecule has 0 radical (unpaired) electrons. The molecule has 0 aliphatic carbocycles. The lowest BCUT2D eigenvalue weighted by molar-refractivity contribution is -0.384. The van der Waals surface area contributed by atoms with Gasteiger partial charge < -0.3 is 15.0 Å². The van der Waals surface area contributed by atoms with Crippen LogP contribution in [0, 0.1) is 24.0 Å². The number of nitrogens with zero attached hydrogens (tertiary/aromatic N) is 3. The summed E-state index contributed by atoms with van der Waals surface area (Å²) < 4.78 is 5.01. The van der Waals surface area contributed by atoms with E-state index in [1.807, 2.05) is 13.8 Å². The van der Waals surface area contributed by atoms with Gasteiger partial charge in [-0.3, -0.25) is 19.7 Å². The molecule has 0 bridgehead atoms. The number of benzene rings is 1. The number of nitrogens with one attached hydrogen (secondary N) is 1. The molecule has 0 saturated heterocycles. The van der Waals surface area contributed by atoms with Crippen LogP contribution >= 0.6 is 11.3 Å². The number of aryl methyl sites for hydroxylation is 2. The third-order valence-corrected chi connectivity index (χ3v) is 4.99. The third-order valence-electron chi connectivity index (χ3n) is 4.00. The van der Waals surface area contributed by atoms with E-state index in [4.69, 9.17) is 4.74 Å². The number of methoxy groups -OCH3 is 1. The van der Waals surface area contributed by atoms with Crippen molar-refractivity contribution >= 4 is 34.0 Å². The lowest BCUT2D eigenvalue weighted by atomic mass is 10.1. The van der Waals surface area contributed by atoms with Gasteiger partial charge in [0.25, 0.3) is 11.6 Å². The van der Waals surface area contributed by atoms with E-state index < -0.39 is 4.92 Å². The van der Waals surface area contributed by atoms with E-state index in [0.717, 1.165) is 10.6 Å². The Bertz CT molecular complexity index is 831. The SMILES string of the molecule is COCCCN(CC(=O)Nc1nc(C)c(C)s1)C(=O)c1ccc([N+](=O)[O-])cc1. The molecule has 1 aromatic heterocycles. The predicted octanol–water partition coefficient (Wildman–Crippen LogP) is 2.79. The molecular formula is C18H22N4O5S. The molecule has 0 aliphatic rings. The van der Waals surface area contributed by atoms with Crippen molar-refractivity contribution in [3.8, 4) is 0 Å². The van der Waals surface area contributed by atoms with Crippen LogP contribution in [0.3, 0.4) is 0 Å². The number of nitro benzene ring substituents is 1. The quantitative estimate of drug-likeness (QED) is 0.389. The van der Waals surface area contributed by atoms with Gasteiger partial charge in [0.1, 0.15) is 6.54 Å². The topological polar surface area (TPSA) is 115 Å². The molecular weight excluding hydrogens is 384 g/mol. The van der Waals surface area contributed by atoms with E-state index in [1.165, 1.54) is 40.5 Å². The summed E-state index contributed by atoms with van der Waals surface area (Å²) in [5.41, 5.74) is 1.02. The number of aromatic nitrogens is 1. The van der Waals surface area contributed by atoms with E-state index in [1.54, 1.807) is 7.11 Å². The van der Waals surface area contributed by atoms with Gasteiger partial charge in [-0.05, 0) is 32.4 Å².